The monoisotopic (exact) mass is 232 g/mol. The summed E-state index contributed by atoms with van der Waals surface area (Å²) in [7, 11) is 0. The summed E-state index contributed by atoms with van der Waals surface area (Å²) < 4.78 is 29.5. The molecule has 1 aromatic heterocycles. The molecule has 0 fully saturated rings. The topological polar surface area (TPSA) is 85.4 Å². The summed E-state index contributed by atoms with van der Waals surface area (Å²) in [6.07, 6.45) is -2.95. The highest BCUT2D eigenvalue weighted by atomic mass is 19.3. The zero-order valence-corrected chi connectivity index (χ0v) is 8.41. The molecule has 0 atom stereocenters. The van der Waals surface area contributed by atoms with Crippen LogP contribution in [0.1, 0.15) is 29.4 Å². The number of esters is 1. The molecule has 0 amide bonds. The summed E-state index contributed by atoms with van der Waals surface area (Å²) in [5.41, 5.74) is 4.10. The molecule has 0 bridgehead atoms. The van der Waals surface area contributed by atoms with Crippen LogP contribution in [0.2, 0.25) is 0 Å². The molecule has 7 heteroatoms. The first-order valence-electron chi connectivity index (χ1n) is 4.42. The Balaban J connectivity index is 3.18. The first-order valence-corrected chi connectivity index (χ1v) is 4.42. The van der Waals surface area contributed by atoms with E-state index in [1.54, 1.807) is 6.92 Å². The second-order valence-corrected chi connectivity index (χ2v) is 2.85. The third kappa shape index (κ3) is 2.36. The van der Waals surface area contributed by atoms with Crippen molar-refractivity contribution in [2.45, 2.75) is 13.3 Å². The predicted molar refractivity (Wildman–Crippen MR) is 51.2 cm³/mol. The minimum absolute atomic E-state index is 0.0886. The van der Waals surface area contributed by atoms with Crippen LogP contribution in [-0.4, -0.2) is 22.7 Å². The predicted octanol–water partition coefficient (Wildman–Crippen LogP) is 1.48. The first kappa shape index (κ1) is 12.2. The molecule has 0 saturated heterocycles. The van der Waals surface area contributed by atoms with Gasteiger partial charge < -0.3 is 15.6 Å². The Kier molecular flexibility index (Phi) is 3.60. The van der Waals surface area contributed by atoms with Crippen molar-refractivity contribution >= 4 is 11.8 Å². The molecule has 0 saturated carbocycles. The van der Waals surface area contributed by atoms with Gasteiger partial charge in [0.2, 0.25) is 0 Å². The minimum Gasteiger partial charge on any atom is -0.504 e. The number of halogens is 2. The number of nitrogens with two attached hydrogens (primary N) is 1. The average molecular weight is 232 g/mol. The number of pyridine rings is 1. The SMILES string of the molecule is CCOC(=O)c1cc(C(F)F)c(O)c(N)n1. The summed E-state index contributed by atoms with van der Waals surface area (Å²) in [4.78, 5) is 14.7. The van der Waals surface area contributed by atoms with Gasteiger partial charge >= 0.3 is 5.97 Å². The molecular formula is C9H10F2N2O3. The van der Waals surface area contributed by atoms with Crippen LogP contribution in [-0.2, 0) is 4.74 Å². The Labute approximate surface area is 89.9 Å². The van der Waals surface area contributed by atoms with Gasteiger partial charge in [-0.1, -0.05) is 0 Å². The van der Waals surface area contributed by atoms with Crippen LogP contribution in [0, 0.1) is 0 Å². The number of anilines is 1. The molecule has 1 rings (SSSR count). The number of aromatic hydroxyl groups is 1. The highest BCUT2D eigenvalue weighted by Crippen LogP contribution is 2.32. The molecule has 3 N–H and O–H groups in total. The normalized spacial score (nSPS) is 10.5. The summed E-state index contributed by atoms with van der Waals surface area (Å²) >= 11 is 0. The molecule has 5 nitrogen and oxygen atoms in total. The lowest BCUT2D eigenvalue weighted by Crippen LogP contribution is -2.10. The largest absolute Gasteiger partial charge is 0.504 e. The second-order valence-electron chi connectivity index (χ2n) is 2.85. The zero-order valence-electron chi connectivity index (χ0n) is 8.41. The lowest BCUT2D eigenvalue weighted by atomic mass is 10.2. The molecule has 16 heavy (non-hydrogen) atoms. The van der Waals surface area contributed by atoms with Crippen LogP contribution in [0.4, 0.5) is 14.6 Å². The number of hydrogen-bond acceptors (Lipinski definition) is 5. The van der Waals surface area contributed by atoms with Gasteiger partial charge in [0.1, 0.15) is 0 Å². The van der Waals surface area contributed by atoms with Gasteiger partial charge in [-0.15, -0.1) is 0 Å². The Morgan fingerprint density at radius 3 is 2.81 bits per heavy atom. The number of ether oxygens (including phenoxy) is 1. The summed E-state index contributed by atoms with van der Waals surface area (Å²) in [5, 5.41) is 9.18. The molecule has 88 valence electrons. The van der Waals surface area contributed by atoms with E-state index in [-0.39, 0.29) is 12.3 Å². The zero-order chi connectivity index (χ0) is 12.3. The second kappa shape index (κ2) is 4.73. The molecule has 0 aliphatic carbocycles. The van der Waals surface area contributed by atoms with Gasteiger partial charge in [0.05, 0.1) is 12.2 Å². The van der Waals surface area contributed by atoms with Gasteiger partial charge in [-0.25, -0.2) is 18.6 Å². The summed E-state index contributed by atoms with van der Waals surface area (Å²) in [6.45, 7) is 1.65. The highest BCUT2D eigenvalue weighted by molar-refractivity contribution is 5.88. The Bertz CT molecular complexity index is 410. The number of carbonyl (C=O) groups excluding carboxylic acids is 1. The summed E-state index contributed by atoms with van der Waals surface area (Å²) in [6, 6.07) is 0.758. The molecule has 0 radical (unpaired) electrons. The number of nitrogen functional groups attached to an aromatic ring is 1. The number of alkyl halides is 2. The van der Waals surface area contributed by atoms with Crippen LogP contribution in [0.15, 0.2) is 6.07 Å². The fourth-order valence-electron chi connectivity index (χ4n) is 1.05. The number of nitrogens with zero attached hydrogens (tertiary/aromatic N) is 1. The Morgan fingerprint density at radius 2 is 2.31 bits per heavy atom. The van der Waals surface area contributed by atoms with E-state index in [1.165, 1.54) is 0 Å². The van der Waals surface area contributed by atoms with Crippen LogP contribution in [0.3, 0.4) is 0 Å². The lowest BCUT2D eigenvalue weighted by molar-refractivity contribution is 0.0519. The maximum absolute atomic E-state index is 12.4. The van der Waals surface area contributed by atoms with E-state index in [9.17, 15) is 18.7 Å². The maximum atomic E-state index is 12.4. The first-order chi connectivity index (χ1) is 7.47. The number of hydrogen-bond donors (Lipinski definition) is 2. The van der Waals surface area contributed by atoms with Crippen LogP contribution in [0.25, 0.3) is 0 Å². The van der Waals surface area contributed by atoms with E-state index < -0.39 is 29.5 Å². The third-order valence-corrected chi connectivity index (χ3v) is 1.77. The van der Waals surface area contributed by atoms with Gasteiger partial charge in [0.25, 0.3) is 6.43 Å². The van der Waals surface area contributed by atoms with Crippen molar-refractivity contribution in [2.24, 2.45) is 0 Å². The average Bonchev–Trinajstić information content (AvgIpc) is 2.21. The Hall–Kier alpha value is -1.92. The van der Waals surface area contributed by atoms with E-state index in [1.807, 2.05) is 0 Å². The highest BCUT2D eigenvalue weighted by Gasteiger charge is 2.20. The lowest BCUT2D eigenvalue weighted by Gasteiger charge is -2.08. The molecule has 0 aliphatic heterocycles. The van der Waals surface area contributed by atoms with E-state index in [2.05, 4.69) is 9.72 Å². The number of carbonyl (C=O) groups is 1. The quantitative estimate of drug-likeness (QED) is 0.771. The smallest absolute Gasteiger partial charge is 0.357 e. The fourth-order valence-corrected chi connectivity index (χ4v) is 1.05. The molecule has 1 aromatic rings. The van der Waals surface area contributed by atoms with Gasteiger partial charge in [0, 0.05) is 0 Å². The van der Waals surface area contributed by atoms with E-state index in [0.29, 0.717) is 0 Å². The minimum atomic E-state index is -2.95. The molecule has 1 heterocycles. The third-order valence-electron chi connectivity index (χ3n) is 1.77. The maximum Gasteiger partial charge on any atom is 0.357 e. The van der Waals surface area contributed by atoms with Crippen molar-refractivity contribution in [3.8, 4) is 5.75 Å². The van der Waals surface area contributed by atoms with Crippen LogP contribution < -0.4 is 5.73 Å². The molecule has 0 spiro atoms. The van der Waals surface area contributed by atoms with Crippen molar-refractivity contribution in [1.29, 1.82) is 0 Å². The number of aromatic nitrogens is 1. The summed E-state index contributed by atoms with van der Waals surface area (Å²) in [5.74, 6) is -2.21. The molecule has 0 unspecified atom stereocenters. The van der Waals surface area contributed by atoms with Crippen molar-refractivity contribution < 1.29 is 23.4 Å². The van der Waals surface area contributed by atoms with E-state index in [4.69, 9.17) is 5.73 Å². The van der Waals surface area contributed by atoms with Crippen LogP contribution in [0.5, 0.6) is 5.75 Å². The van der Waals surface area contributed by atoms with Crippen LogP contribution >= 0.6 is 0 Å². The van der Waals surface area contributed by atoms with Crippen molar-refractivity contribution in [2.75, 3.05) is 12.3 Å². The molecular weight excluding hydrogens is 222 g/mol. The van der Waals surface area contributed by atoms with Gasteiger partial charge in [-0.2, -0.15) is 0 Å². The van der Waals surface area contributed by atoms with Gasteiger partial charge in [0.15, 0.2) is 17.3 Å². The van der Waals surface area contributed by atoms with Crippen molar-refractivity contribution in [1.82, 2.24) is 4.98 Å². The fraction of sp³-hybridized carbons (Fsp3) is 0.333. The van der Waals surface area contributed by atoms with Gasteiger partial charge in [-0.3, -0.25) is 0 Å². The van der Waals surface area contributed by atoms with Gasteiger partial charge in [-0.05, 0) is 13.0 Å². The standard InChI is InChI=1S/C9H10F2N2O3/c1-2-16-9(15)5-3-4(7(10)11)6(14)8(12)13-5/h3,7,14H,2H2,1H3,(H2,12,13). The van der Waals surface area contributed by atoms with Crippen molar-refractivity contribution in [3.05, 3.63) is 17.3 Å². The van der Waals surface area contributed by atoms with E-state index >= 15 is 0 Å². The molecule has 0 aliphatic rings. The van der Waals surface area contributed by atoms with Crippen molar-refractivity contribution in [3.63, 3.8) is 0 Å². The van der Waals surface area contributed by atoms with E-state index in [0.717, 1.165) is 6.07 Å². The Morgan fingerprint density at radius 1 is 1.69 bits per heavy atom. The molecule has 0 aromatic carbocycles. The number of rotatable bonds is 3.